The third-order valence-corrected chi connectivity index (χ3v) is 5.49. The molecule has 30 heavy (non-hydrogen) atoms. The summed E-state index contributed by atoms with van der Waals surface area (Å²) in [6.07, 6.45) is 5.72. The molecule has 0 spiro atoms. The van der Waals surface area contributed by atoms with E-state index in [1.807, 2.05) is 24.3 Å². The fraction of sp³-hybridized carbons (Fsp3) is 0.348. The van der Waals surface area contributed by atoms with E-state index in [1.54, 1.807) is 12.1 Å². The summed E-state index contributed by atoms with van der Waals surface area (Å²) in [5.74, 6) is -0.543. The van der Waals surface area contributed by atoms with Crippen LogP contribution in [0, 0.1) is 5.82 Å². The highest BCUT2D eigenvalue weighted by molar-refractivity contribution is 5.95. The number of benzene rings is 2. The summed E-state index contributed by atoms with van der Waals surface area (Å²) in [6.45, 7) is -0.165. The van der Waals surface area contributed by atoms with E-state index in [4.69, 9.17) is 0 Å². The molecule has 2 N–H and O–H groups in total. The number of carbonyl (C=O) groups excluding carboxylic acids is 2. The van der Waals surface area contributed by atoms with Gasteiger partial charge in [0.15, 0.2) is 0 Å². The number of para-hydroxylation sites is 2. The molecule has 1 aliphatic rings. The lowest BCUT2D eigenvalue weighted by atomic mass is 9.95. The Labute approximate surface area is 174 Å². The number of nitrogens with zero attached hydrogens (tertiary/aromatic N) is 2. The van der Waals surface area contributed by atoms with Gasteiger partial charge in [0.25, 0.3) is 0 Å². The summed E-state index contributed by atoms with van der Waals surface area (Å²) in [5.41, 5.74) is 2.41. The van der Waals surface area contributed by atoms with Crippen molar-refractivity contribution in [3.63, 3.8) is 0 Å². The molecular weight excluding hydrogens is 383 g/mol. The third-order valence-electron chi connectivity index (χ3n) is 5.49. The minimum atomic E-state index is -0.389. The zero-order valence-corrected chi connectivity index (χ0v) is 16.7. The second kappa shape index (κ2) is 9.07. The lowest BCUT2D eigenvalue weighted by Gasteiger charge is -2.25. The van der Waals surface area contributed by atoms with E-state index in [1.165, 1.54) is 31.4 Å². The van der Waals surface area contributed by atoms with Crippen LogP contribution < -0.4 is 10.6 Å². The Morgan fingerprint density at radius 3 is 2.63 bits per heavy atom. The van der Waals surface area contributed by atoms with Gasteiger partial charge in [0.1, 0.15) is 5.82 Å². The van der Waals surface area contributed by atoms with Crippen LogP contribution in [0.3, 0.4) is 0 Å². The topological polar surface area (TPSA) is 76.0 Å². The van der Waals surface area contributed by atoms with Gasteiger partial charge in [-0.15, -0.1) is 0 Å². The average Bonchev–Trinajstić information content (AvgIpc) is 3.10. The molecule has 6 nitrogen and oxygen atoms in total. The molecule has 7 heteroatoms. The van der Waals surface area contributed by atoms with Crippen molar-refractivity contribution in [2.45, 2.75) is 44.6 Å². The summed E-state index contributed by atoms with van der Waals surface area (Å²) in [6, 6.07) is 14.0. The van der Waals surface area contributed by atoms with E-state index in [-0.39, 0.29) is 30.6 Å². The van der Waals surface area contributed by atoms with Gasteiger partial charge in [-0.3, -0.25) is 14.9 Å². The van der Waals surface area contributed by atoms with Crippen molar-refractivity contribution in [3.8, 4) is 0 Å². The molecule has 0 bridgehead atoms. The van der Waals surface area contributed by atoms with Crippen molar-refractivity contribution in [1.82, 2.24) is 14.9 Å². The summed E-state index contributed by atoms with van der Waals surface area (Å²) in [4.78, 5) is 29.2. The Morgan fingerprint density at radius 2 is 1.83 bits per heavy atom. The SMILES string of the molecule is O=C(Cc1cccc(F)c1)NCC(=O)Nc1nc2ccccc2n1C1CCCCC1. The number of rotatable bonds is 6. The number of fused-ring (bicyclic) bond motifs is 1. The summed E-state index contributed by atoms with van der Waals surface area (Å²) >= 11 is 0. The molecule has 0 unspecified atom stereocenters. The van der Waals surface area contributed by atoms with Crippen molar-refractivity contribution in [3.05, 3.63) is 59.9 Å². The van der Waals surface area contributed by atoms with Gasteiger partial charge in [0.2, 0.25) is 17.8 Å². The highest BCUT2D eigenvalue weighted by Crippen LogP contribution is 2.34. The molecule has 4 rings (SSSR count). The summed E-state index contributed by atoms with van der Waals surface area (Å²) < 4.78 is 15.4. The highest BCUT2D eigenvalue weighted by atomic mass is 19.1. The maximum Gasteiger partial charge on any atom is 0.246 e. The minimum absolute atomic E-state index is 0.0195. The van der Waals surface area contributed by atoms with Crippen LogP contribution in [-0.2, 0) is 16.0 Å². The maximum atomic E-state index is 13.2. The Morgan fingerprint density at radius 1 is 1.03 bits per heavy atom. The highest BCUT2D eigenvalue weighted by Gasteiger charge is 2.22. The lowest BCUT2D eigenvalue weighted by Crippen LogP contribution is -2.34. The monoisotopic (exact) mass is 408 g/mol. The molecular formula is C23H25FN4O2. The van der Waals surface area contributed by atoms with Crippen LogP contribution in [0.25, 0.3) is 11.0 Å². The molecule has 2 aromatic carbocycles. The van der Waals surface area contributed by atoms with Crippen molar-refractivity contribution < 1.29 is 14.0 Å². The molecule has 2 amide bonds. The number of aromatic nitrogens is 2. The lowest BCUT2D eigenvalue weighted by molar-refractivity contribution is -0.123. The van der Waals surface area contributed by atoms with Gasteiger partial charge < -0.3 is 9.88 Å². The third kappa shape index (κ3) is 4.67. The number of anilines is 1. The van der Waals surface area contributed by atoms with E-state index in [9.17, 15) is 14.0 Å². The number of halogens is 1. The van der Waals surface area contributed by atoms with Crippen LogP contribution in [0.15, 0.2) is 48.5 Å². The molecule has 0 aliphatic heterocycles. The van der Waals surface area contributed by atoms with Crippen molar-refractivity contribution >= 4 is 28.8 Å². The zero-order valence-electron chi connectivity index (χ0n) is 16.7. The maximum absolute atomic E-state index is 13.2. The molecule has 1 aliphatic carbocycles. The molecule has 1 aromatic heterocycles. The van der Waals surface area contributed by atoms with Gasteiger partial charge in [0, 0.05) is 6.04 Å². The Balaban J connectivity index is 1.42. The number of imidazole rings is 1. The Hall–Kier alpha value is -3.22. The first-order valence-corrected chi connectivity index (χ1v) is 10.4. The predicted octanol–water partition coefficient (Wildman–Crippen LogP) is 3.98. The van der Waals surface area contributed by atoms with Gasteiger partial charge in [-0.25, -0.2) is 9.37 Å². The molecule has 1 fully saturated rings. The molecule has 1 saturated carbocycles. The molecule has 0 atom stereocenters. The normalized spacial score (nSPS) is 14.6. The predicted molar refractivity (Wildman–Crippen MR) is 114 cm³/mol. The van der Waals surface area contributed by atoms with E-state index in [2.05, 4.69) is 20.2 Å². The summed E-state index contributed by atoms with van der Waals surface area (Å²) in [7, 11) is 0. The van der Waals surface area contributed by atoms with Crippen molar-refractivity contribution in [1.29, 1.82) is 0 Å². The van der Waals surface area contributed by atoms with Gasteiger partial charge in [-0.05, 0) is 42.7 Å². The Kier molecular flexibility index (Phi) is 6.07. The first kappa shape index (κ1) is 20.1. The number of carbonyl (C=O) groups is 2. The van der Waals surface area contributed by atoms with Crippen molar-refractivity contribution in [2.24, 2.45) is 0 Å². The molecule has 0 saturated heterocycles. The molecule has 1 heterocycles. The number of hydrogen-bond donors (Lipinski definition) is 2. The van der Waals surface area contributed by atoms with Gasteiger partial charge in [0.05, 0.1) is 24.0 Å². The quantitative estimate of drug-likeness (QED) is 0.648. The number of amides is 2. The second-order valence-corrected chi connectivity index (χ2v) is 7.72. The van der Waals surface area contributed by atoms with Crippen LogP contribution >= 0.6 is 0 Å². The molecule has 156 valence electrons. The van der Waals surface area contributed by atoms with Crippen LogP contribution in [0.2, 0.25) is 0 Å². The van der Waals surface area contributed by atoms with Crippen LogP contribution in [-0.4, -0.2) is 27.9 Å². The van der Waals surface area contributed by atoms with Crippen LogP contribution in [0.1, 0.15) is 43.7 Å². The van der Waals surface area contributed by atoms with E-state index < -0.39 is 0 Å². The minimum Gasteiger partial charge on any atom is -0.347 e. The fourth-order valence-corrected chi connectivity index (χ4v) is 4.08. The number of hydrogen-bond acceptors (Lipinski definition) is 3. The largest absolute Gasteiger partial charge is 0.347 e. The van der Waals surface area contributed by atoms with E-state index in [0.717, 1.165) is 23.9 Å². The molecule has 0 radical (unpaired) electrons. The summed E-state index contributed by atoms with van der Waals surface area (Å²) in [5, 5.41) is 5.46. The van der Waals surface area contributed by atoms with Crippen molar-refractivity contribution in [2.75, 3.05) is 11.9 Å². The zero-order chi connectivity index (χ0) is 20.9. The second-order valence-electron chi connectivity index (χ2n) is 7.72. The standard InChI is InChI=1S/C23H25FN4O2/c24-17-8-6-7-16(13-17)14-21(29)25-15-22(30)27-23-26-19-11-4-5-12-20(19)28(23)18-9-2-1-3-10-18/h4-8,11-13,18H,1-3,9-10,14-15H2,(H,25,29)(H,26,27,30). The van der Waals surface area contributed by atoms with Gasteiger partial charge in [-0.2, -0.15) is 0 Å². The average molecular weight is 408 g/mol. The fourth-order valence-electron chi connectivity index (χ4n) is 4.08. The Bertz CT molecular complexity index is 1060. The van der Waals surface area contributed by atoms with E-state index >= 15 is 0 Å². The smallest absolute Gasteiger partial charge is 0.246 e. The first-order chi connectivity index (χ1) is 14.6. The molecule has 3 aromatic rings. The van der Waals surface area contributed by atoms with Crippen LogP contribution in [0.5, 0.6) is 0 Å². The van der Waals surface area contributed by atoms with Crippen LogP contribution in [0.4, 0.5) is 10.3 Å². The first-order valence-electron chi connectivity index (χ1n) is 10.4. The van der Waals surface area contributed by atoms with Gasteiger partial charge in [-0.1, -0.05) is 43.5 Å². The number of nitrogens with one attached hydrogen (secondary N) is 2. The van der Waals surface area contributed by atoms with Gasteiger partial charge >= 0.3 is 0 Å². The van der Waals surface area contributed by atoms with E-state index in [0.29, 0.717) is 17.6 Å².